The standard InChI is InChI=1S/C15H31N3O/c1-4-14(10-11-16)8-9-15(19)17-18-12(2)6-5-7-13(18)3/h12-14H,4-11,16H2,1-3H3,(H,17,19). The minimum Gasteiger partial charge on any atom is -0.330 e. The minimum absolute atomic E-state index is 0.163. The zero-order valence-corrected chi connectivity index (χ0v) is 12.8. The Balaban J connectivity index is 2.33. The highest BCUT2D eigenvalue weighted by Gasteiger charge is 2.25. The first-order valence-corrected chi connectivity index (χ1v) is 7.86. The van der Waals surface area contributed by atoms with Gasteiger partial charge in [0.2, 0.25) is 5.91 Å². The molecular formula is C15H31N3O. The summed E-state index contributed by atoms with van der Waals surface area (Å²) < 4.78 is 0. The van der Waals surface area contributed by atoms with Crippen molar-refractivity contribution in [3.63, 3.8) is 0 Å². The molecule has 0 saturated carbocycles. The van der Waals surface area contributed by atoms with Gasteiger partial charge in [-0.15, -0.1) is 0 Å². The number of nitrogens with one attached hydrogen (secondary N) is 1. The Morgan fingerprint density at radius 1 is 1.32 bits per heavy atom. The third-order valence-electron chi connectivity index (χ3n) is 4.38. The fraction of sp³-hybridized carbons (Fsp3) is 0.933. The van der Waals surface area contributed by atoms with E-state index in [1.807, 2.05) is 0 Å². The van der Waals surface area contributed by atoms with Crippen molar-refractivity contribution in [1.82, 2.24) is 10.4 Å². The Hall–Kier alpha value is -0.610. The lowest BCUT2D eigenvalue weighted by Gasteiger charge is -2.38. The number of carbonyl (C=O) groups is 1. The fourth-order valence-electron chi connectivity index (χ4n) is 2.97. The normalized spacial score (nSPS) is 26.1. The van der Waals surface area contributed by atoms with Gasteiger partial charge >= 0.3 is 0 Å². The van der Waals surface area contributed by atoms with Crippen LogP contribution in [0.25, 0.3) is 0 Å². The summed E-state index contributed by atoms with van der Waals surface area (Å²) in [7, 11) is 0. The largest absolute Gasteiger partial charge is 0.330 e. The van der Waals surface area contributed by atoms with Crippen molar-refractivity contribution in [2.24, 2.45) is 11.7 Å². The molecule has 1 heterocycles. The zero-order valence-electron chi connectivity index (χ0n) is 12.8. The van der Waals surface area contributed by atoms with Gasteiger partial charge < -0.3 is 5.73 Å². The number of carbonyl (C=O) groups excluding carboxylic acids is 1. The van der Waals surface area contributed by atoms with Gasteiger partial charge in [-0.25, -0.2) is 5.01 Å². The predicted octanol–water partition coefficient (Wildman–Crippen LogP) is 2.44. The third kappa shape index (κ3) is 5.49. The van der Waals surface area contributed by atoms with Crippen LogP contribution in [0, 0.1) is 5.92 Å². The molecule has 1 aliphatic rings. The first kappa shape index (κ1) is 16.4. The van der Waals surface area contributed by atoms with E-state index in [-0.39, 0.29) is 5.91 Å². The van der Waals surface area contributed by atoms with Crippen LogP contribution in [-0.4, -0.2) is 29.5 Å². The highest BCUT2D eigenvalue weighted by atomic mass is 16.2. The molecule has 0 spiro atoms. The number of hydrazine groups is 1. The smallest absolute Gasteiger partial charge is 0.234 e. The van der Waals surface area contributed by atoms with E-state index in [1.54, 1.807) is 0 Å². The lowest BCUT2D eigenvalue weighted by molar-refractivity contribution is -0.129. The number of piperidine rings is 1. The fourth-order valence-corrected chi connectivity index (χ4v) is 2.97. The maximum absolute atomic E-state index is 12.0. The summed E-state index contributed by atoms with van der Waals surface area (Å²) in [6, 6.07) is 0.914. The Morgan fingerprint density at radius 2 is 1.95 bits per heavy atom. The molecular weight excluding hydrogens is 238 g/mol. The van der Waals surface area contributed by atoms with Crippen LogP contribution in [0.1, 0.15) is 65.7 Å². The molecule has 1 saturated heterocycles. The van der Waals surface area contributed by atoms with Crippen LogP contribution in [0.3, 0.4) is 0 Å². The summed E-state index contributed by atoms with van der Waals surface area (Å²) in [5.74, 6) is 0.753. The Bertz CT molecular complexity index is 260. The van der Waals surface area contributed by atoms with Crippen LogP contribution < -0.4 is 11.2 Å². The third-order valence-corrected chi connectivity index (χ3v) is 4.38. The van der Waals surface area contributed by atoms with Gasteiger partial charge in [0.1, 0.15) is 0 Å². The molecule has 112 valence electrons. The van der Waals surface area contributed by atoms with Crippen molar-refractivity contribution in [2.45, 2.75) is 77.8 Å². The summed E-state index contributed by atoms with van der Waals surface area (Å²) in [5.41, 5.74) is 8.69. The summed E-state index contributed by atoms with van der Waals surface area (Å²) in [6.45, 7) is 7.28. The molecule has 3 N–H and O–H groups in total. The molecule has 0 radical (unpaired) electrons. The second-order valence-electron chi connectivity index (χ2n) is 5.96. The molecule has 1 fully saturated rings. The number of hydrogen-bond acceptors (Lipinski definition) is 3. The van der Waals surface area contributed by atoms with Gasteiger partial charge in [-0.1, -0.05) is 19.8 Å². The molecule has 3 unspecified atom stereocenters. The van der Waals surface area contributed by atoms with Crippen molar-refractivity contribution in [2.75, 3.05) is 6.54 Å². The molecule has 1 aliphatic heterocycles. The average Bonchev–Trinajstić information content (AvgIpc) is 2.39. The second kappa shape index (κ2) is 8.54. The van der Waals surface area contributed by atoms with Crippen LogP contribution in [-0.2, 0) is 4.79 Å². The van der Waals surface area contributed by atoms with Crippen molar-refractivity contribution in [1.29, 1.82) is 0 Å². The topological polar surface area (TPSA) is 58.4 Å². The number of amides is 1. The molecule has 1 rings (SSSR count). The molecule has 0 aromatic carbocycles. The minimum atomic E-state index is 0.163. The maximum Gasteiger partial charge on any atom is 0.234 e. The average molecular weight is 269 g/mol. The lowest BCUT2D eigenvalue weighted by atomic mass is 9.96. The van der Waals surface area contributed by atoms with Crippen molar-refractivity contribution < 1.29 is 4.79 Å². The van der Waals surface area contributed by atoms with Crippen LogP contribution in [0.15, 0.2) is 0 Å². The summed E-state index contributed by atoms with van der Waals surface area (Å²) in [5, 5.41) is 2.15. The molecule has 0 aromatic heterocycles. The van der Waals surface area contributed by atoms with Gasteiger partial charge in [0.05, 0.1) is 0 Å². The molecule has 1 amide bonds. The van der Waals surface area contributed by atoms with Crippen LogP contribution >= 0.6 is 0 Å². The van der Waals surface area contributed by atoms with Crippen molar-refractivity contribution in [3.8, 4) is 0 Å². The molecule has 4 nitrogen and oxygen atoms in total. The van der Waals surface area contributed by atoms with E-state index in [2.05, 4.69) is 31.2 Å². The van der Waals surface area contributed by atoms with E-state index < -0.39 is 0 Å². The number of hydrogen-bond donors (Lipinski definition) is 2. The van der Waals surface area contributed by atoms with Crippen molar-refractivity contribution in [3.05, 3.63) is 0 Å². The van der Waals surface area contributed by atoms with Crippen LogP contribution in [0.2, 0.25) is 0 Å². The van der Waals surface area contributed by atoms with E-state index in [0.717, 1.165) is 25.8 Å². The van der Waals surface area contributed by atoms with Crippen LogP contribution in [0.4, 0.5) is 0 Å². The molecule has 0 aromatic rings. The van der Waals surface area contributed by atoms with Gasteiger partial charge in [0.15, 0.2) is 0 Å². The predicted molar refractivity (Wildman–Crippen MR) is 79.4 cm³/mol. The first-order valence-electron chi connectivity index (χ1n) is 7.86. The van der Waals surface area contributed by atoms with Gasteiger partial charge in [0.25, 0.3) is 0 Å². The Labute approximate surface area is 118 Å². The van der Waals surface area contributed by atoms with E-state index in [0.29, 0.717) is 24.4 Å². The summed E-state index contributed by atoms with van der Waals surface area (Å²) in [6.07, 6.45) is 7.33. The van der Waals surface area contributed by atoms with Crippen molar-refractivity contribution >= 4 is 5.91 Å². The highest BCUT2D eigenvalue weighted by molar-refractivity contribution is 5.75. The number of nitrogens with zero attached hydrogens (tertiary/aromatic N) is 1. The van der Waals surface area contributed by atoms with Gasteiger partial charge in [-0.2, -0.15) is 0 Å². The molecule has 4 heteroatoms. The highest BCUT2D eigenvalue weighted by Crippen LogP contribution is 2.20. The maximum atomic E-state index is 12.0. The molecule has 0 aliphatic carbocycles. The molecule has 0 bridgehead atoms. The SMILES string of the molecule is CCC(CCN)CCC(=O)NN1C(C)CCCC1C. The number of nitrogens with two attached hydrogens (primary N) is 1. The number of rotatable bonds is 7. The van der Waals surface area contributed by atoms with Crippen LogP contribution in [0.5, 0.6) is 0 Å². The Morgan fingerprint density at radius 3 is 2.47 bits per heavy atom. The monoisotopic (exact) mass is 269 g/mol. The summed E-state index contributed by atoms with van der Waals surface area (Å²) >= 11 is 0. The second-order valence-corrected chi connectivity index (χ2v) is 5.96. The molecule has 3 atom stereocenters. The first-order chi connectivity index (χ1) is 9.08. The lowest BCUT2D eigenvalue weighted by Crippen LogP contribution is -2.54. The molecule has 19 heavy (non-hydrogen) atoms. The van der Waals surface area contributed by atoms with Gasteiger partial charge in [-0.3, -0.25) is 10.2 Å². The van der Waals surface area contributed by atoms with E-state index in [4.69, 9.17) is 5.73 Å². The van der Waals surface area contributed by atoms with E-state index in [9.17, 15) is 4.79 Å². The Kier molecular flexibility index (Phi) is 7.39. The summed E-state index contributed by atoms with van der Waals surface area (Å²) in [4.78, 5) is 12.0. The van der Waals surface area contributed by atoms with E-state index >= 15 is 0 Å². The van der Waals surface area contributed by atoms with Gasteiger partial charge in [0, 0.05) is 18.5 Å². The van der Waals surface area contributed by atoms with E-state index in [1.165, 1.54) is 19.3 Å². The zero-order chi connectivity index (χ0) is 14.3. The van der Waals surface area contributed by atoms with Gasteiger partial charge in [-0.05, 0) is 52.0 Å². The quantitative estimate of drug-likeness (QED) is 0.746.